The Morgan fingerprint density at radius 3 is 2.47 bits per heavy atom. The molecule has 19 heavy (non-hydrogen) atoms. The summed E-state index contributed by atoms with van der Waals surface area (Å²) in [5, 5.41) is 12.1. The molecule has 0 aliphatic heterocycles. The molecule has 2 N–H and O–H groups in total. The van der Waals surface area contributed by atoms with Crippen LogP contribution in [0, 0.1) is 5.92 Å². The van der Waals surface area contributed by atoms with E-state index in [9.17, 15) is 9.90 Å². The van der Waals surface area contributed by atoms with Gasteiger partial charge in [-0.3, -0.25) is 4.79 Å². The molecule has 0 aromatic carbocycles. The second kappa shape index (κ2) is 9.28. The number of nitrogens with one attached hydrogen (secondary N) is 1. The van der Waals surface area contributed by atoms with Crippen molar-refractivity contribution in [2.45, 2.75) is 39.2 Å². The first-order chi connectivity index (χ1) is 8.85. The summed E-state index contributed by atoms with van der Waals surface area (Å²) in [6.45, 7) is 9.66. The largest absolute Gasteiger partial charge is 0.480 e. The van der Waals surface area contributed by atoms with E-state index in [-0.39, 0.29) is 0 Å². The zero-order chi connectivity index (χ0) is 14.9. The quantitative estimate of drug-likeness (QED) is 0.597. The van der Waals surface area contributed by atoms with Crippen LogP contribution in [0.1, 0.15) is 33.6 Å². The summed E-state index contributed by atoms with van der Waals surface area (Å²) in [5.74, 6) is -0.186. The van der Waals surface area contributed by atoms with Crippen LogP contribution in [0.15, 0.2) is 0 Å². The molecule has 5 nitrogen and oxygen atoms in total. The van der Waals surface area contributed by atoms with E-state index in [0.717, 1.165) is 32.7 Å². The first-order valence-corrected chi connectivity index (χ1v) is 6.99. The van der Waals surface area contributed by atoms with Gasteiger partial charge in [-0.25, -0.2) is 0 Å². The van der Waals surface area contributed by atoms with Gasteiger partial charge >= 0.3 is 5.97 Å². The van der Waals surface area contributed by atoms with Crippen LogP contribution in [-0.2, 0) is 9.53 Å². The molecule has 0 fully saturated rings. The molecule has 0 spiro atoms. The second-order valence-electron chi connectivity index (χ2n) is 5.68. The van der Waals surface area contributed by atoms with Crippen LogP contribution in [0.4, 0.5) is 0 Å². The van der Waals surface area contributed by atoms with Gasteiger partial charge in [-0.1, -0.05) is 13.8 Å². The maximum Gasteiger partial charge on any atom is 0.323 e. The Hall–Kier alpha value is -0.650. The summed E-state index contributed by atoms with van der Waals surface area (Å²) in [4.78, 5) is 13.5. The summed E-state index contributed by atoms with van der Waals surface area (Å²) in [6.07, 6.45) is 1.49. The van der Waals surface area contributed by atoms with Crippen molar-refractivity contribution in [2.24, 2.45) is 5.92 Å². The minimum atomic E-state index is -0.829. The van der Waals surface area contributed by atoms with Crippen molar-refractivity contribution in [2.75, 3.05) is 40.4 Å². The number of hydrogen-bond acceptors (Lipinski definition) is 4. The number of rotatable bonds is 11. The second-order valence-corrected chi connectivity index (χ2v) is 5.68. The molecular weight excluding hydrogens is 244 g/mol. The molecule has 0 saturated carbocycles. The molecule has 1 unspecified atom stereocenters. The molecule has 0 bridgehead atoms. The van der Waals surface area contributed by atoms with Gasteiger partial charge in [0.15, 0.2) is 0 Å². The van der Waals surface area contributed by atoms with E-state index in [4.69, 9.17) is 4.74 Å². The number of methoxy groups -OCH3 is 1. The highest BCUT2D eigenvalue weighted by atomic mass is 16.5. The van der Waals surface area contributed by atoms with Crippen LogP contribution >= 0.6 is 0 Å². The fraction of sp³-hybridized carbons (Fsp3) is 0.929. The smallest absolute Gasteiger partial charge is 0.323 e. The Morgan fingerprint density at radius 2 is 2.05 bits per heavy atom. The average molecular weight is 274 g/mol. The van der Waals surface area contributed by atoms with Gasteiger partial charge in [0.05, 0.1) is 6.61 Å². The van der Waals surface area contributed by atoms with Gasteiger partial charge in [-0.05, 0) is 39.3 Å². The van der Waals surface area contributed by atoms with Crippen molar-refractivity contribution >= 4 is 5.97 Å². The molecule has 0 aliphatic rings. The molecule has 1 atom stereocenters. The predicted molar refractivity (Wildman–Crippen MR) is 77.5 cm³/mol. The zero-order valence-corrected chi connectivity index (χ0v) is 13.0. The summed E-state index contributed by atoms with van der Waals surface area (Å²) in [6, 6.07) is 0. The van der Waals surface area contributed by atoms with Crippen LogP contribution in [0.25, 0.3) is 0 Å². The molecule has 0 saturated heterocycles. The van der Waals surface area contributed by atoms with Gasteiger partial charge < -0.3 is 20.1 Å². The van der Waals surface area contributed by atoms with E-state index in [1.54, 1.807) is 21.1 Å². The van der Waals surface area contributed by atoms with Gasteiger partial charge in [0.2, 0.25) is 0 Å². The van der Waals surface area contributed by atoms with Crippen LogP contribution in [0.3, 0.4) is 0 Å². The number of carboxylic acid groups (broad SMARTS) is 1. The standard InChI is InChI=1S/C14H30N2O3/c1-12(2)11-16(9-10-19-5)8-6-7-14(3,15-4)13(17)18/h12,15H,6-11H2,1-5H3,(H,17,18). The SMILES string of the molecule is CNC(C)(CCCN(CCOC)CC(C)C)C(=O)O. The number of nitrogens with zero attached hydrogens (tertiary/aromatic N) is 1. The molecule has 0 aliphatic carbocycles. The monoisotopic (exact) mass is 274 g/mol. The third-order valence-corrected chi connectivity index (χ3v) is 3.41. The predicted octanol–water partition coefficient (Wildman–Crippen LogP) is 1.43. The van der Waals surface area contributed by atoms with Crippen LogP contribution in [0.2, 0.25) is 0 Å². The average Bonchev–Trinajstić information content (AvgIpc) is 2.34. The minimum absolute atomic E-state index is 0.604. The van der Waals surface area contributed by atoms with Crippen molar-refractivity contribution in [3.8, 4) is 0 Å². The van der Waals surface area contributed by atoms with E-state index in [1.807, 2.05) is 0 Å². The molecule has 0 heterocycles. The Kier molecular flexibility index (Phi) is 8.97. The lowest BCUT2D eigenvalue weighted by Crippen LogP contribution is -2.48. The van der Waals surface area contributed by atoms with E-state index >= 15 is 0 Å². The fourth-order valence-corrected chi connectivity index (χ4v) is 2.03. The van der Waals surface area contributed by atoms with Crippen molar-refractivity contribution in [3.05, 3.63) is 0 Å². The van der Waals surface area contributed by atoms with Crippen LogP contribution in [0.5, 0.6) is 0 Å². The number of hydrogen-bond donors (Lipinski definition) is 2. The normalized spacial score (nSPS) is 14.9. The first-order valence-electron chi connectivity index (χ1n) is 6.99. The lowest BCUT2D eigenvalue weighted by molar-refractivity contribution is -0.144. The molecule has 5 heteroatoms. The highest BCUT2D eigenvalue weighted by molar-refractivity contribution is 5.78. The molecule has 0 rings (SSSR count). The van der Waals surface area contributed by atoms with Gasteiger partial charge in [-0.2, -0.15) is 0 Å². The molecule has 0 radical (unpaired) electrons. The van der Waals surface area contributed by atoms with Gasteiger partial charge in [0.25, 0.3) is 0 Å². The fourth-order valence-electron chi connectivity index (χ4n) is 2.03. The molecule has 0 aromatic rings. The van der Waals surface area contributed by atoms with Gasteiger partial charge in [-0.15, -0.1) is 0 Å². The van der Waals surface area contributed by atoms with E-state index in [2.05, 4.69) is 24.1 Å². The van der Waals surface area contributed by atoms with Crippen LogP contribution < -0.4 is 5.32 Å². The topological polar surface area (TPSA) is 61.8 Å². The Balaban J connectivity index is 4.19. The number of carbonyl (C=O) groups is 1. The van der Waals surface area contributed by atoms with Crippen LogP contribution in [-0.4, -0.2) is 61.9 Å². The molecular formula is C14H30N2O3. The summed E-state index contributed by atoms with van der Waals surface area (Å²) < 4.78 is 5.11. The molecule has 0 aromatic heterocycles. The van der Waals surface area contributed by atoms with E-state index in [1.165, 1.54) is 0 Å². The third-order valence-electron chi connectivity index (χ3n) is 3.41. The zero-order valence-electron chi connectivity index (χ0n) is 13.0. The summed E-state index contributed by atoms with van der Waals surface area (Å²) in [5.41, 5.74) is -0.829. The minimum Gasteiger partial charge on any atom is -0.480 e. The molecule has 114 valence electrons. The number of carboxylic acids is 1. The highest BCUT2D eigenvalue weighted by Gasteiger charge is 2.30. The summed E-state index contributed by atoms with van der Waals surface area (Å²) in [7, 11) is 3.40. The van der Waals surface area contributed by atoms with Gasteiger partial charge in [0.1, 0.15) is 5.54 Å². The van der Waals surface area contributed by atoms with Crippen molar-refractivity contribution in [1.29, 1.82) is 0 Å². The Morgan fingerprint density at radius 1 is 1.42 bits per heavy atom. The van der Waals surface area contributed by atoms with E-state index in [0.29, 0.717) is 12.3 Å². The number of aliphatic carboxylic acids is 1. The summed E-state index contributed by atoms with van der Waals surface area (Å²) >= 11 is 0. The van der Waals surface area contributed by atoms with E-state index < -0.39 is 11.5 Å². The highest BCUT2D eigenvalue weighted by Crippen LogP contribution is 2.13. The third kappa shape index (κ3) is 7.50. The number of likely N-dealkylation sites (N-methyl/N-ethyl adjacent to an activating group) is 1. The first kappa shape index (κ1) is 18.4. The lowest BCUT2D eigenvalue weighted by Gasteiger charge is -2.27. The van der Waals surface area contributed by atoms with Crippen molar-refractivity contribution < 1.29 is 14.6 Å². The number of ether oxygens (including phenoxy) is 1. The Labute approximate surface area is 117 Å². The lowest BCUT2D eigenvalue weighted by atomic mass is 9.96. The Bertz CT molecular complexity index is 259. The maximum absolute atomic E-state index is 11.2. The van der Waals surface area contributed by atoms with Gasteiger partial charge in [0, 0.05) is 20.2 Å². The van der Waals surface area contributed by atoms with Crippen molar-refractivity contribution in [1.82, 2.24) is 10.2 Å². The maximum atomic E-state index is 11.2. The van der Waals surface area contributed by atoms with Crippen molar-refractivity contribution in [3.63, 3.8) is 0 Å². The molecule has 0 amide bonds.